The Morgan fingerprint density at radius 3 is 2.78 bits per heavy atom. The Balaban J connectivity index is 1.40. The van der Waals surface area contributed by atoms with Crippen molar-refractivity contribution in [2.45, 2.75) is 42.1 Å². The molecule has 3 aromatic rings. The molecule has 5 rings (SSSR count). The van der Waals surface area contributed by atoms with Crippen LogP contribution in [0.3, 0.4) is 0 Å². The van der Waals surface area contributed by atoms with E-state index in [4.69, 9.17) is 9.47 Å². The molecule has 0 aliphatic carbocycles. The molecule has 0 radical (unpaired) electrons. The molecule has 1 unspecified atom stereocenters. The normalized spacial score (nSPS) is 18.6. The lowest BCUT2D eigenvalue weighted by molar-refractivity contribution is 0.0954. The summed E-state index contributed by atoms with van der Waals surface area (Å²) in [5.41, 5.74) is 10.9. The van der Waals surface area contributed by atoms with Gasteiger partial charge in [-0.2, -0.15) is 16.9 Å². The third-order valence-corrected chi connectivity index (χ3v) is 9.49. The minimum Gasteiger partial charge on any atom is -0.491 e. The Morgan fingerprint density at radius 1 is 1.12 bits per heavy atom. The highest BCUT2D eigenvalue weighted by Gasteiger charge is 2.43. The van der Waals surface area contributed by atoms with Gasteiger partial charge in [-0.15, -0.1) is 11.8 Å². The van der Waals surface area contributed by atoms with Crippen LogP contribution in [0.4, 0.5) is 5.69 Å². The Hall–Kier alpha value is -3.20. The SMILES string of the molecule is CCN1/C(=C\C=N\NC(=O)c2cccc(OCCOC)c2)C(C)(Cc2ccc3c(c2)CSC3)c2cc(SC)ccc21. The molecule has 1 atom stereocenters. The van der Waals surface area contributed by atoms with Gasteiger partial charge < -0.3 is 14.4 Å². The first kappa shape index (κ1) is 29.3. The van der Waals surface area contributed by atoms with Crippen LogP contribution in [-0.4, -0.2) is 45.2 Å². The first-order chi connectivity index (χ1) is 20.0. The molecule has 2 heterocycles. The Morgan fingerprint density at radius 2 is 1.98 bits per heavy atom. The fourth-order valence-corrected chi connectivity index (χ4v) is 7.20. The number of amides is 1. The summed E-state index contributed by atoms with van der Waals surface area (Å²) in [6.07, 6.45) is 6.76. The highest BCUT2D eigenvalue weighted by molar-refractivity contribution is 7.98. The van der Waals surface area contributed by atoms with E-state index in [-0.39, 0.29) is 11.3 Å². The van der Waals surface area contributed by atoms with Crippen molar-refractivity contribution in [2.75, 3.05) is 38.0 Å². The number of ether oxygens (including phenoxy) is 2. The minimum atomic E-state index is -0.290. The summed E-state index contributed by atoms with van der Waals surface area (Å²) in [5, 5.41) is 4.31. The second-order valence-electron chi connectivity index (χ2n) is 10.4. The van der Waals surface area contributed by atoms with E-state index in [9.17, 15) is 4.79 Å². The lowest BCUT2D eigenvalue weighted by Gasteiger charge is -2.30. The van der Waals surface area contributed by atoms with Crippen LogP contribution in [0.1, 0.15) is 46.5 Å². The van der Waals surface area contributed by atoms with Crippen LogP contribution >= 0.6 is 23.5 Å². The Bertz CT molecular complexity index is 1470. The maximum absolute atomic E-state index is 12.8. The fourth-order valence-electron chi connectivity index (χ4n) is 5.67. The summed E-state index contributed by atoms with van der Waals surface area (Å²) in [6, 6.07) is 20.8. The molecule has 0 fully saturated rings. The molecule has 0 aromatic heterocycles. The largest absolute Gasteiger partial charge is 0.491 e. The van der Waals surface area contributed by atoms with Gasteiger partial charge in [-0.05, 0) is 91.3 Å². The molecule has 8 heteroatoms. The standard InChI is InChI=1S/C33H37N3O3S2/c1-5-36-30-12-11-28(40-4)19-29(30)33(2,20-23-9-10-25-21-41-22-26(25)17-23)31(36)13-14-34-35-32(37)24-7-6-8-27(18-24)39-16-15-38-3/h6-14,17-19H,5,15-16,20-22H2,1-4H3,(H,35,37)/b31-13-,34-14+. The third kappa shape index (κ3) is 6.35. The molecule has 1 amide bonds. The Kier molecular flexibility index (Phi) is 9.42. The number of benzene rings is 3. The molecule has 2 aliphatic rings. The fraction of sp³-hybridized carbons (Fsp3) is 0.333. The molecular formula is C33H37N3O3S2. The van der Waals surface area contributed by atoms with Gasteiger partial charge in [-0.3, -0.25) is 4.79 Å². The zero-order valence-electron chi connectivity index (χ0n) is 24.1. The van der Waals surface area contributed by atoms with Crippen molar-refractivity contribution in [2.24, 2.45) is 5.10 Å². The monoisotopic (exact) mass is 587 g/mol. The van der Waals surface area contributed by atoms with Gasteiger partial charge in [0.2, 0.25) is 0 Å². The number of thioether (sulfide) groups is 2. The smallest absolute Gasteiger partial charge is 0.271 e. The number of hydrogen-bond donors (Lipinski definition) is 1. The topological polar surface area (TPSA) is 63.2 Å². The summed E-state index contributed by atoms with van der Waals surface area (Å²) in [7, 11) is 1.63. The van der Waals surface area contributed by atoms with Gasteiger partial charge in [0, 0.05) is 58.6 Å². The highest BCUT2D eigenvalue weighted by Crippen LogP contribution is 2.50. The number of carbonyl (C=O) groups excluding carboxylic acids is 1. The summed E-state index contributed by atoms with van der Waals surface area (Å²) in [4.78, 5) is 16.4. The maximum Gasteiger partial charge on any atom is 0.271 e. The summed E-state index contributed by atoms with van der Waals surface area (Å²) >= 11 is 3.75. The average molecular weight is 588 g/mol. The lowest BCUT2D eigenvalue weighted by atomic mass is 9.76. The highest BCUT2D eigenvalue weighted by atomic mass is 32.2. The first-order valence-electron chi connectivity index (χ1n) is 13.9. The number of carbonyl (C=O) groups is 1. The average Bonchev–Trinajstić information content (AvgIpc) is 3.55. The molecule has 1 N–H and O–H groups in total. The van der Waals surface area contributed by atoms with Crippen molar-refractivity contribution in [3.8, 4) is 5.75 Å². The predicted octanol–water partition coefficient (Wildman–Crippen LogP) is 6.82. The van der Waals surface area contributed by atoms with E-state index in [1.165, 1.54) is 38.5 Å². The third-order valence-electron chi connectivity index (χ3n) is 7.73. The maximum atomic E-state index is 12.8. The van der Waals surface area contributed by atoms with Gasteiger partial charge in [0.15, 0.2) is 0 Å². The lowest BCUT2D eigenvalue weighted by Crippen LogP contribution is -2.31. The summed E-state index contributed by atoms with van der Waals surface area (Å²) < 4.78 is 10.7. The van der Waals surface area contributed by atoms with E-state index in [1.54, 1.807) is 43.3 Å². The minimum absolute atomic E-state index is 0.249. The van der Waals surface area contributed by atoms with Crippen molar-refractivity contribution < 1.29 is 14.3 Å². The predicted molar refractivity (Wildman–Crippen MR) is 172 cm³/mol. The molecule has 41 heavy (non-hydrogen) atoms. The molecule has 0 spiro atoms. The van der Waals surface area contributed by atoms with E-state index in [0.717, 1.165) is 24.5 Å². The van der Waals surface area contributed by atoms with E-state index >= 15 is 0 Å². The second-order valence-corrected chi connectivity index (χ2v) is 12.2. The number of likely N-dealkylation sites (N-methyl/N-ethyl adjacent to an activating group) is 1. The van der Waals surface area contributed by atoms with Crippen LogP contribution in [0.15, 0.2) is 82.4 Å². The number of anilines is 1. The molecule has 2 aliphatic heterocycles. The zero-order chi connectivity index (χ0) is 28.8. The van der Waals surface area contributed by atoms with Crippen molar-refractivity contribution in [3.05, 3.63) is 100 Å². The van der Waals surface area contributed by atoms with Crippen LogP contribution in [0.25, 0.3) is 0 Å². The van der Waals surface area contributed by atoms with Crippen molar-refractivity contribution in [1.29, 1.82) is 0 Å². The molecule has 6 nitrogen and oxygen atoms in total. The molecular weight excluding hydrogens is 551 g/mol. The molecule has 0 saturated heterocycles. The second kappa shape index (κ2) is 13.2. The van der Waals surface area contributed by atoms with Crippen LogP contribution in [0.5, 0.6) is 5.75 Å². The zero-order valence-corrected chi connectivity index (χ0v) is 25.7. The van der Waals surface area contributed by atoms with Crippen LogP contribution in [0, 0.1) is 0 Å². The van der Waals surface area contributed by atoms with Gasteiger partial charge in [0.1, 0.15) is 12.4 Å². The summed E-state index contributed by atoms with van der Waals surface area (Å²) in [6.45, 7) is 6.26. The van der Waals surface area contributed by atoms with Crippen molar-refractivity contribution in [1.82, 2.24) is 5.43 Å². The van der Waals surface area contributed by atoms with Crippen molar-refractivity contribution in [3.63, 3.8) is 0 Å². The number of hydrogen-bond acceptors (Lipinski definition) is 7. The Labute approximate surface area is 251 Å². The van der Waals surface area contributed by atoms with E-state index in [1.807, 2.05) is 17.8 Å². The summed E-state index contributed by atoms with van der Waals surface area (Å²) in [5.74, 6) is 2.52. The quantitative estimate of drug-likeness (QED) is 0.115. The van der Waals surface area contributed by atoms with Crippen molar-refractivity contribution >= 4 is 41.3 Å². The number of allylic oxidation sites excluding steroid dienone is 2. The number of hydrazone groups is 1. The van der Waals surface area contributed by atoms with Crippen LogP contribution < -0.4 is 15.1 Å². The van der Waals surface area contributed by atoms with Gasteiger partial charge in [0.05, 0.1) is 6.61 Å². The van der Waals surface area contributed by atoms with E-state index < -0.39 is 0 Å². The van der Waals surface area contributed by atoms with E-state index in [2.05, 4.69) is 78.0 Å². The van der Waals surface area contributed by atoms with Gasteiger partial charge in [-0.25, -0.2) is 5.43 Å². The number of rotatable bonds is 11. The van der Waals surface area contributed by atoms with Gasteiger partial charge >= 0.3 is 0 Å². The molecule has 0 saturated carbocycles. The van der Waals surface area contributed by atoms with E-state index in [0.29, 0.717) is 24.5 Å². The number of fused-ring (bicyclic) bond motifs is 2. The molecule has 214 valence electrons. The molecule has 3 aromatic carbocycles. The first-order valence-corrected chi connectivity index (χ1v) is 16.2. The van der Waals surface area contributed by atoms with Crippen LogP contribution in [0.2, 0.25) is 0 Å². The number of nitrogens with one attached hydrogen (secondary N) is 1. The molecule has 0 bridgehead atoms. The van der Waals surface area contributed by atoms with Crippen LogP contribution in [-0.2, 0) is 28.1 Å². The van der Waals surface area contributed by atoms with Gasteiger partial charge in [-0.1, -0.05) is 24.3 Å². The number of nitrogens with zero attached hydrogens (tertiary/aromatic N) is 2. The van der Waals surface area contributed by atoms with Gasteiger partial charge in [0.25, 0.3) is 5.91 Å². The number of methoxy groups -OCH3 is 1.